The maximum atomic E-state index is 7.33. The molecule has 0 atom stereocenters. The fraction of sp³-hybridized carbons (Fsp3) is 0. The predicted octanol–water partition coefficient (Wildman–Crippen LogP) is -6.45. The molecule has 0 unspecified atom stereocenters. The molecule has 0 aromatic rings. The maximum absolute atomic E-state index is 7.33. The summed E-state index contributed by atoms with van der Waals surface area (Å²) in [6.45, 7) is 0. The van der Waals surface area contributed by atoms with Crippen molar-refractivity contribution < 1.29 is 24.7 Å². The summed E-state index contributed by atoms with van der Waals surface area (Å²) in [6, 6.07) is 0. The average Bonchev–Trinajstić information content (AvgIpc) is 0.722. The quantitative estimate of drug-likeness (QED) is 0.299. The molecule has 0 aliphatic rings. The first-order valence-corrected chi connectivity index (χ1v) is 2.68. The molecule has 6 N–H and O–H groups in total. The van der Waals surface area contributed by atoms with Crippen LogP contribution in [-0.2, 0) is 0 Å². The molecule has 54 valence electrons. The van der Waals surface area contributed by atoms with E-state index in [-0.39, 0.29) is 83.6 Å². The minimum atomic E-state index is -4.61. The Kier molecular flexibility index (Phi) is 43.9. The fourth-order valence-corrected chi connectivity index (χ4v) is 0. The Bertz CT molecular complexity index is 32.4. The molecule has 0 amide bonds. The maximum Gasteiger partial charge on any atom is 0.316 e. The molecule has 0 aromatic heterocycles. The first-order chi connectivity index (χ1) is 2.00. The molecular formula is H13AlCaMgO5Si. The fourth-order valence-electron chi connectivity index (χ4n) is 0. The zero-order valence-electron chi connectivity index (χ0n) is 2.79. The second-order valence-electron chi connectivity index (χ2n) is 0.600. The molecule has 9 heteroatoms. The second kappa shape index (κ2) is 13.2. The molecule has 9 heavy (non-hydrogen) atoms. The first kappa shape index (κ1) is 29.9. The second-order valence-corrected chi connectivity index (χ2v) is 1.80. The predicted molar refractivity (Wildman–Crippen MR) is 45.3 cm³/mol. The van der Waals surface area contributed by atoms with Gasteiger partial charge in [0.2, 0.25) is 0 Å². The zero-order chi connectivity index (χ0) is 4.50. The van der Waals surface area contributed by atoms with E-state index < -0.39 is 9.05 Å². The largest absolute Gasteiger partial charge is 0.316 e. The summed E-state index contributed by atoms with van der Waals surface area (Å²) in [7, 11) is -4.61. The average molecular weight is 213 g/mol. The van der Waals surface area contributed by atoms with Gasteiger partial charge in [-0.15, -0.1) is 0 Å². The van der Waals surface area contributed by atoms with Crippen molar-refractivity contribution in [2.24, 2.45) is 0 Å². The van der Waals surface area contributed by atoms with Crippen LogP contribution in [-0.4, -0.2) is 112 Å². The van der Waals surface area contributed by atoms with E-state index in [0.29, 0.717) is 0 Å². The Morgan fingerprint density at radius 1 is 0.889 bits per heavy atom. The molecule has 0 spiro atoms. The summed E-state index contributed by atoms with van der Waals surface area (Å²) >= 11 is 0. The smallest absolute Gasteiger partial charge is 0.316 e. The molecule has 0 aliphatic carbocycles. The van der Waals surface area contributed by atoms with Crippen LogP contribution in [0, 0.1) is 0 Å². The Balaban J connectivity index is -0.0000000133. The van der Waals surface area contributed by atoms with Gasteiger partial charge < -0.3 is 24.7 Å². The molecule has 0 saturated carbocycles. The van der Waals surface area contributed by atoms with Crippen molar-refractivity contribution in [1.82, 2.24) is 0 Å². The van der Waals surface area contributed by atoms with Gasteiger partial charge in [0, 0.05) is 0 Å². The van der Waals surface area contributed by atoms with Crippen LogP contribution in [0.5, 0.6) is 0 Å². The Morgan fingerprint density at radius 2 is 0.889 bits per heavy atom. The zero-order valence-corrected chi connectivity index (χ0v) is 3.79. The van der Waals surface area contributed by atoms with Crippen LogP contribution in [0.4, 0.5) is 0 Å². The van der Waals surface area contributed by atoms with E-state index in [1.807, 2.05) is 0 Å². The standard InChI is InChI=1S/Al.Ca.Mg.H4O4Si.H2O.7H/c;;;1-5(2,3)4;;;;;;;;/h;;;1-4H;1H2;;;;;;;. The van der Waals surface area contributed by atoms with Gasteiger partial charge in [0.05, 0.1) is 0 Å². The molecule has 0 aliphatic heterocycles. The molecule has 0 fully saturated rings. The molecule has 0 saturated heterocycles. The van der Waals surface area contributed by atoms with Gasteiger partial charge in [-0.1, -0.05) is 0 Å². The minimum Gasteiger partial charge on any atom is 0.316 e. The van der Waals surface area contributed by atoms with Gasteiger partial charge in [0.25, 0.3) is 0 Å². The SMILES string of the molecule is O.O[Si](O)(O)O.[AlH3].[CaH2].[MgH2]. The summed E-state index contributed by atoms with van der Waals surface area (Å²) in [5.74, 6) is 0. The first-order valence-electron chi connectivity index (χ1n) is 0.894. The van der Waals surface area contributed by atoms with Crippen molar-refractivity contribution in [2.75, 3.05) is 0 Å². The van der Waals surface area contributed by atoms with Gasteiger partial charge in [0.15, 0.2) is 17.4 Å². The molecule has 0 bridgehead atoms. The summed E-state index contributed by atoms with van der Waals surface area (Å²) in [4.78, 5) is 29.3. The third kappa shape index (κ3) is 117. The summed E-state index contributed by atoms with van der Waals surface area (Å²) in [6.07, 6.45) is 0. The van der Waals surface area contributed by atoms with Crippen LogP contribution in [0.25, 0.3) is 0 Å². The molecule has 5 nitrogen and oxygen atoms in total. The van der Waals surface area contributed by atoms with Gasteiger partial charge in [-0.25, -0.2) is 0 Å². The van der Waals surface area contributed by atoms with Gasteiger partial charge in [-0.05, 0) is 0 Å². The van der Waals surface area contributed by atoms with E-state index in [1.165, 1.54) is 0 Å². The summed E-state index contributed by atoms with van der Waals surface area (Å²) in [5, 5.41) is 0. The van der Waals surface area contributed by atoms with Crippen molar-refractivity contribution in [1.29, 1.82) is 0 Å². The van der Waals surface area contributed by atoms with Gasteiger partial charge in [0.1, 0.15) is 0 Å². The van der Waals surface area contributed by atoms with E-state index in [2.05, 4.69) is 0 Å². The van der Waals surface area contributed by atoms with Crippen LogP contribution in [0.2, 0.25) is 0 Å². The number of rotatable bonds is 0. The minimum absolute atomic E-state index is 0. The van der Waals surface area contributed by atoms with Gasteiger partial charge in [-0.3, -0.25) is 0 Å². The van der Waals surface area contributed by atoms with Crippen molar-refractivity contribution >= 4 is 87.2 Å². The topological polar surface area (TPSA) is 112 Å². The normalized spacial score (nSPS) is 6.67. The van der Waals surface area contributed by atoms with Crippen LogP contribution in [0.3, 0.4) is 0 Å². The monoisotopic (exact) mass is 212 g/mol. The van der Waals surface area contributed by atoms with E-state index in [1.54, 1.807) is 0 Å². The van der Waals surface area contributed by atoms with Crippen molar-refractivity contribution in [2.45, 2.75) is 0 Å². The number of hydrogen-bond acceptors (Lipinski definition) is 4. The van der Waals surface area contributed by atoms with E-state index in [0.717, 1.165) is 0 Å². The van der Waals surface area contributed by atoms with Crippen LogP contribution in [0.1, 0.15) is 0 Å². The van der Waals surface area contributed by atoms with Crippen LogP contribution >= 0.6 is 0 Å². The third-order valence-corrected chi connectivity index (χ3v) is 0. The van der Waals surface area contributed by atoms with E-state index in [4.69, 9.17) is 19.2 Å². The molecule has 0 radical (unpaired) electrons. The Hall–Kier alpha value is 2.58. The molecule has 0 rings (SSSR count). The molecular weight excluding hydrogens is 199 g/mol. The molecule has 0 aromatic carbocycles. The van der Waals surface area contributed by atoms with Crippen LogP contribution in [0.15, 0.2) is 0 Å². The Morgan fingerprint density at radius 3 is 0.889 bits per heavy atom. The van der Waals surface area contributed by atoms with Gasteiger partial charge >= 0.3 is 69.8 Å². The van der Waals surface area contributed by atoms with Crippen molar-refractivity contribution in [3.63, 3.8) is 0 Å². The Labute approximate surface area is 110 Å². The van der Waals surface area contributed by atoms with Crippen molar-refractivity contribution in [3.05, 3.63) is 0 Å². The molecule has 0 heterocycles. The summed E-state index contributed by atoms with van der Waals surface area (Å²) < 4.78 is 0. The van der Waals surface area contributed by atoms with Gasteiger partial charge in [-0.2, -0.15) is 0 Å². The summed E-state index contributed by atoms with van der Waals surface area (Å²) in [5.41, 5.74) is 0. The van der Waals surface area contributed by atoms with E-state index >= 15 is 0 Å². The number of hydrogen-bond donors (Lipinski definition) is 4. The van der Waals surface area contributed by atoms with Crippen molar-refractivity contribution in [3.8, 4) is 0 Å². The third-order valence-electron chi connectivity index (χ3n) is 0. The van der Waals surface area contributed by atoms with E-state index in [9.17, 15) is 0 Å². The van der Waals surface area contributed by atoms with Crippen LogP contribution < -0.4 is 0 Å².